The normalized spacial score (nSPS) is 14.0. The number of carbonyl (C=O) groups is 1. The summed E-state index contributed by atoms with van der Waals surface area (Å²) in [4.78, 5) is 31.4. The number of fused-ring (bicyclic) bond motifs is 2. The van der Waals surface area contributed by atoms with Gasteiger partial charge in [0, 0.05) is 26.2 Å². The quantitative estimate of drug-likeness (QED) is 0.648. The highest BCUT2D eigenvalue weighted by Gasteiger charge is 2.27. The first kappa shape index (κ1) is 14.8. The summed E-state index contributed by atoms with van der Waals surface area (Å²) in [6.07, 6.45) is 3.62. The first-order valence-electron chi connectivity index (χ1n) is 7.38. The molecule has 0 bridgehead atoms. The largest absolute Gasteiger partial charge is 0.332 e. The molecule has 0 radical (unpaired) electrons. The minimum absolute atomic E-state index is 0.200. The molecular weight excluding hydrogens is 332 g/mol. The minimum Gasteiger partial charge on any atom is -0.332 e. The van der Waals surface area contributed by atoms with Crippen LogP contribution in [0.3, 0.4) is 0 Å². The summed E-state index contributed by atoms with van der Waals surface area (Å²) in [6, 6.07) is 3.41. The lowest BCUT2D eigenvalue weighted by Crippen LogP contribution is -2.40. The summed E-state index contributed by atoms with van der Waals surface area (Å²) in [6.45, 7) is 0.685. The Bertz CT molecular complexity index is 1020. The van der Waals surface area contributed by atoms with Gasteiger partial charge in [-0.1, -0.05) is 16.8 Å². The maximum Gasteiger partial charge on any atom is 0.276 e. The van der Waals surface area contributed by atoms with E-state index in [1.54, 1.807) is 30.3 Å². The lowest BCUT2D eigenvalue weighted by molar-refractivity contribution is 0.0726. The van der Waals surface area contributed by atoms with Crippen molar-refractivity contribution in [1.82, 2.24) is 29.3 Å². The molecule has 1 aliphatic heterocycles. The van der Waals surface area contributed by atoms with E-state index >= 15 is 0 Å². The molecule has 3 aromatic rings. The summed E-state index contributed by atoms with van der Waals surface area (Å²) >= 11 is 5.97. The van der Waals surface area contributed by atoms with E-state index in [-0.39, 0.29) is 23.7 Å². The molecular formula is C15H13ClN6O2. The van der Waals surface area contributed by atoms with Crippen LogP contribution < -0.4 is 5.56 Å². The molecule has 1 amide bonds. The molecule has 0 fully saturated rings. The molecule has 0 aromatic carbocycles. The fraction of sp³-hybridized carbons (Fsp3) is 0.267. The van der Waals surface area contributed by atoms with E-state index in [1.165, 1.54) is 15.3 Å². The van der Waals surface area contributed by atoms with Crippen molar-refractivity contribution in [2.45, 2.75) is 13.0 Å². The average Bonchev–Trinajstić information content (AvgIpc) is 3.01. The van der Waals surface area contributed by atoms with Gasteiger partial charge in [0.1, 0.15) is 5.65 Å². The van der Waals surface area contributed by atoms with E-state index in [2.05, 4.69) is 15.3 Å². The summed E-state index contributed by atoms with van der Waals surface area (Å²) < 4.78 is 2.88. The van der Waals surface area contributed by atoms with Crippen LogP contribution in [0.15, 0.2) is 29.3 Å². The summed E-state index contributed by atoms with van der Waals surface area (Å²) in [5, 5.41) is 8.06. The Kier molecular flexibility index (Phi) is 3.34. The Hall–Kier alpha value is -2.74. The number of hydrogen-bond acceptors (Lipinski definition) is 5. The first-order chi connectivity index (χ1) is 11.5. The molecule has 1 aliphatic rings. The van der Waals surface area contributed by atoms with Gasteiger partial charge in [0.2, 0.25) is 0 Å². The van der Waals surface area contributed by atoms with Crippen molar-refractivity contribution in [3.63, 3.8) is 0 Å². The van der Waals surface area contributed by atoms with E-state index in [0.29, 0.717) is 29.2 Å². The third-order valence-electron chi connectivity index (χ3n) is 4.04. The van der Waals surface area contributed by atoms with Gasteiger partial charge < -0.3 is 4.90 Å². The van der Waals surface area contributed by atoms with Crippen LogP contribution >= 0.6 is 11.6 Å². The number of rotatable bonds is 1. The number of hydrogen-bond donors (Lipinski definition) is 0. The maximum atomic E-state index is 12.7. The maximum absolute atomic E-state index is 12.7. The van der Waals surface area contributed by atoms with Gasteiger partial charge in [0.05, 0.1) is 29.0 Å². The third-order valence-corrected chi connectivity index (χ3v) is 4.27. The number of aromatic nitrogens is 5. The Morgan fingerprint density at radius 2 is 2.12 bits per heavy atom. The van der Waals surface area contributed by atoms with Crippen molar-refractivity contribution in [3.8, 4) is 0 Å². The zero-order valence-electron chi connectivity index (χ0n) is 12.8. The number of aryl methyl sites for hydroxylation is 1. The van der Waals surface area contributed by atoms with E-state index in [0.717, 1.165) is 5.69 Å². The zero-order chi connectivity index (χ0) is 16.8. The van der Waals surface area contributed by atoms with Crippen molar-refractivity contribution in [3.05, 3.63) is 56.9 Å². The van der Waals surface area contributed by atoms with Crippen LogP contribution in [-0.2, 0) is 20.0 Å². The molecule has 0 spiro atoms. The smallest absolute Gasteiger partial charge is 0.276 e. The molecule has 0 unspecified atom stereocenters. The molecule has 4 rings (SSSR count). The lowest BCUT2D eigenvalue weighted by Gasteiger charge is -2.27. The third kappa shape index (κ3) is 2.35. The molecule has 0 aliphatic carbocycles. The van der Waals surface area contributed by atoms with Crippen molar-refractivity contribution >= 4 is 23.2 Å². The second kappa shape index (κ2) is 5.41. The number of carbonyl (C=O) groups excluding carboxylic acids is 1. The Morgan fingerprint density at radius 1 is 1.29 bits per heavy atom. The van der Waals surface area contributed by atoms with Gasteiger partial charge in [0.25, 0.3) is 11.5 Å². The van der Waals surface area contributed by atoms with Gasteiger partial charge in [-0.2, -0.15) is 0 Å². The molecule has 8 nitrogen and oxygen atoms in total. The van der Waals surface area contributed by atoms with E-state index in [1.807, 2.05) is 0 Å². The molecule has 0 saturated heterocycles. The van der Waals surface area contributed by atoms with Crippen LogP contribution in [0.2, 0.25) is 5.02 Å². The van der Waals surface area contributed by atoms with Gasteiger partial charge in [-0.05, 0) is 12.1 Å². The first-order valence-corrected chi connectivity index (χ1v) is 7.76. The summed E-state index contributed by atoms with van der Waals surface area (Å²) in [7, 11) is 1.70. The zero-order valence-corrected chi connectivity index (χ0v) is 13.6. The van der Waals surface area contributed by atoms with E-state index in [4.69, 9.17) is 11.6 Å². The topological polar surface area (TPSA) is 85.4 Å². The van der Waals surface area contributed by atoms with Crippen molar-refractivity contribution in [2.24, 2.45) is 7.05 Å². The standard InChI is InChI=1S/C15H13ClN6O2/c1-20-8-12(18-19-20)15(24)21-5-4-11-10(7-21)14(23)22-6-9(16)2-3-13(22)17-11/h2-3,6,8H,4-5,7H2,1H3. The number of amides is 1. The number of halogens is 1. The van der Waals surface area contributed by atoms with Gasteiger partial charge in [-0.15, -0.1) is 5.10 Å². The summed E-state index contributed by atoms with van der Waals surface area (Å²) in [5.41, 5.74) is 1.85. The average molecular weight is 345 g/mol. The molecule has 0 saturated carbocycles. The van der Waals surface area contributed by atoms with Crippen molar-refractivity contribution in [2.75, 3.05) is 6.54 Å². The molecule has 122 valence electrons. The van der Waals surface area contributed by atoms with Gasteiger partial charge >= 0.3 is 0 Å². The summed E-state index contributed by atoms with van der Waals surface area (Å²) in [5.74, 6) is -0.246. The second-order valence-corrected chi connectivity index (χ2v) is 6.11. The van der Waals surface area contributed by atoms with Gasteiger partial charge in [-0.25, -0.2) is 4.98 Å². The van der Waals surface area contributed by atoms with Crippen molar-refractivity contribution in [1.29, 1.82) is 0 Å². The highest BCUT2D eigenvalue weighted by molar-refractivity contribution is 6.30. The van der Waals surface area contributed by atoms with E-state index < -0.39 is 0 Å². The molecule has 0 N–H and O–H groups in total. The van der Waals surface area contributed by atoms with Crippen LogP contribution in [0.1, 0.15) is 21.7 Å². The molecule has 24 heavy (non-hydrogen) atoms. The lowest BCUT2D eigenvalue weighted by atomic mass is 10.1. The fourth-order valence-electron chi connectivity index (χ4n) is 2.85. The van der Waals surface area contributed by atoms with Crippen molar-refractivity contribution < 1.29 is 4.79 Å². The SMILES string of the molecule is Cn1cc(C(=O)N2CCc3nc4ccc(Cl)cn4c(=O)c3C2)nn1. The Morgan fingerprint density at radius 3 is 2.88 bits per heavy atom. The van der Waals surface area contributed by atoms with Crippen LogP contribution in [0.5, 0.6) is 0 Å². The highest BCUT2D eigenvalue weighted by atomic mass is 35.5. The van der Waals surface area contributed by atoms with Gasteiger partial charge in [0.15, 0.2) is 5.69 Å². The fourth-order valence-corrected chi connectivity index (χ4v) is 3.01. The molecule has 4 heterocycles. The Labute approximate surface area is 141 Å². The molecule has 9 heteroatoms. The number of pyridine rings is 1. The predicted molar refractivity (Wildman–Crippen MR) is 85.9 cm³/mol. The molecule has 3 aromatic heterocycles. The van der Waals surface area contributed by atoms with Crippen LogP contribution in [-0.4, -0.2) is 41.7 Å². The van der Waals surface area contributed by atoms with Crippen LogP contribution in [0.4, 0.5) is 0 Å². The monoisotopic (exact) mass is 344 g/mol. The van der Waals surface area contributed by atoms with E-state index in [9.17, 15) is 9.59 Å². The van der Waals surface area contributed by atoms with Crippen LogP contribution in [0.25, 0.3) is 5.65 Å². The van der Waals surface area contributed by atoms with Gasteiger partial charge in [-0.3, -0.25) is 18.7 Å². The Balaban J connectivity index is 1.74. The predicted octanol–water partition coefficient (Wildman–Crippen LogP) is 0.675. The number of nitrogens with zero attached hydrogens (tertiary/aromatic N) is 6. The highest BCUT2D eigenvalue weighted by Crippen LogP contribution is 2.18. The molecule has 0 atom stereocenters. The minimum atomic E-state index is -0.246. The van der Waals surface area contributed by atoms with Crippen LogP contribution in [0, 0.1) is 0 Å². The second-order valence-electron chi connectivity index (χ2n) is 5.67.